The van der Waals surface area contributed by atoms with Crippen molar-refractivity contribution in [1.29, 1.82) is 0 Å². The molecule has 1 aromatic heterocycles. The Hall–Kier alpha value is -0.260. The van der Waals surface area contributed by atoms with E-state index in [-0.39, 0.29) is 0 Å². The molecule has 2 rings (SSSR count). The summed E-state index contributed by atoms with van der Waals surface area (Å²) in [5, 5.41) is 2.43. The largest absolute Gasteiger partial charge is 0.612 e. The molecule has 18 heavy (non-hydrogen) atoms. The maximum atomic E-state index is 11.9. The molecule has 0 radical (unpaired) electrons. The van der Waals surface area contributed by atoms with Crippen molar-refractivity contribution in [2.45, 2.75) is 5.75 Å². The molecule has 1 nitrogen and oxygen atoms in total. The highest BCUT2D eigenvalue weighted by Gasteiger charge is 2.04. The molecule has 0 amide bonds. The fourth-order valence-electron chi connectivity index (χ4n) is 1.35. The Morgan fingerprint density at radius 2 is 1.94 bits per heavy atom. The molecule has 0 aliphatic carbocycles. The highest BCUT2D eigenvalue weighted by Crippen LogP contribution is 2.23. The summed E-state index contributed by atoms with van der Waals surface area (Å²) in [5.74, 6) is 0.514. The van der Waals surface area contributed by atoms with Gasteiger partial charge in [-0.2, -0.15) is 0 Å². The fraction of sp³-hybridized carbons (Fsp3) is 0.0769. The topological polar surface area (TPSA) is 23.1 Å². The third-order valence-corrected chi connectivity index (χ3v) is 5.10. The molecular formula is C13H10BrClOS2. The average molecular weight is 362 g/mol. The SMILES string of the molecule is [O-][S+](/C=C/c1ccc(Br)s1)Cc1ccc(Cl)cc1. The van der Waals surface area contributed by atoms with E-state index in [1.807, 2.05) is 42.5 Å². The van der Waals surface area contributed by atoms with E-state index in [1.165, 1.54) is 0 Å². The monoisotopic (exact) mass is 360 g/mol. The van der Waals surface area contributed by atoms with Gasteiger partial charge in [0.15, 0.2) is 0 Å². The van der Waals surface area contributed by atoms with Gasteiger partial charge in [0, 0.05) is 21.5 Å². The quantitative estimate of drug-likeness (QED) is 0.696. The van der Waals surface area contributed by atoms with Crippen LogP contribution in [0.1, 0.15) is 10.4 Å². The standard InChI is InChI=1S/C13H10BrClOS2/c14-13-6-5-12(17-13)7-8-18(16)9-10-1-3-11(15)4-2-10/h1-8H,9H2/b8-7+. The number of halogens is 2. The number of benzene rings is 1. The van der Waals surface area contributed by atoms with Gasteiger partial charge in [-0.15, -0.1) is 11.3 Å². The Balaban J connectivity index is 1.94. The van der Waals surface area contributed by atoms with Crippen LogP contribution in [0.5, 0.6) is 0 Å². The second-order valence-electron chi connectivity index (χ2n) is 3.60. The molecule has 0 fully saturated rings. The van der Waals surface area contributed by atoms with Crippen molar-refractivity contribution < 1.29 is 4.55 Å². The van der Waals surface area contributed by atoms with Gasteiger partial charge in [0.25, 0.3) is 0 Å². The van der Waals surface area contributed by atoms with Gasteiger partial charge in [-0.05, 0) is 51.4 Å². The molecule has 0 N–H and O–H groups in total. The minimum absolute atomic E-state index is 0.514. The molecule has 0 saturated carbocycles. The van der Waals surface area contributed by atoms with Gasteiger partial charge in [-0.3, -0.25) is 0 Å². The predicted molar refractivity (Wildman–Crippen MR) is 84.4 cm³/mol. The molecule has 94 valence electrons. The van der Waals surface area contributed by atoms with Gasteiger partial charge < -0.3 is 4.55 Å². The van der Waals surface area contributed by atoms with Crippen LogP contribution >= 0.6 is 38.9 Å². The van der Waals surface area contributed by atoms with Gasteiger partial charge in [0.05, 0.1) is 3.79 Å². The van der Waals surface area contributed by atoms with E-state index < -0.39 is 11.2 Å². The highest BCUT2D eigenvalue weighted by molar-refractivity contribution is 9.11. The van der Waals surface area contributed by atoms with Crippen molar-refractivity contribution in [3.63, 3.8) is 0 Å². The van der Waals surface area contributed by atoms with Crippen molar-refractivity contribution in [3.8, 4) is 0 Å². The van der Waals surface area contributed by atoms with Gasteiger partial charge in [-0.1, -0.05) is 23.7 Å². The smallest absolute Gasteiger partial charge is 0.135 e. The third-order valence-electron chi connectivity index (χ3n) is 2.20. The molecular weight excluding hydrogens is 352 g/mol. The molecule has 0 saturated heterocycles. The first-order valence-electron chi connectivity index (χ1n) is 5.18. The summed E-state index contributed by atoms with van der Waals surface area (Å²) in [6, 6.07) is 11.4. The molecule has 2 aromatic rings. The Kier molecular flexibility index (Phi) is 5.33. The van der Waals surface area contributed by atoms with Crippen LogP contribution in [0.4, 0.5) is 0 Å². The molecule has 1 atom stereocenters. The first kappa shape index (κ1) is 14.2. The lowest BCUT2D eigenvalue weighted by molar-refractivity contribution is 0.603. The number of thiophene rings is 1. The molecule has 0 bridgehead atoms. The maximum absolute atomic E-state index is 11.9. The predicted octanol–water partition coefficient (Wildman–Crippen LogP) is 5.08. The zero-order valence-corrected chi connectivity index (χ0v) is 13.3. The van der Waals surface area contributed by atoms with E-state index in [9.17, 15) is 4.55 Å². The van der Waals surface area contributed by atoms with Gasteiger partial charge in [0.1, 0.15) is 11.2 Å². The summed E-state index contributed by atoms with van der Waals surface area (Å²) < 4.78 is 12.9. The number of hydrogen-bond donors (Lipinski definition) is 0. The van der Waals surface area contributed by atoms with Crippen molar-refractivity contribution in [2.24, 2.45) is 0 Å². The number of hydrogen-bond acceptors (Lipinski definition) is 2. The average Bonchev–Trinajstić information content (AvgIpc) is 2.76. The summed E-state index contributed by atoms with van der Waals surface area (Å²) in [6.07, 6.45) is 1.89. The summed E-state index contributed by atoms with van der Waals surface area (Å²) in [5.41, 5.74) is 1.02. The lowest BCUT2D eigenvalue weighted by Gasteiger charge is -2.05. The summed E-state index contributed by atoms with van der Waals surface area (Å²) in [6.45, 7) is 0. The molecule has 1 heterocycles. The van der Waals surface area contributed by atoms with Gasteiger partial charge in [-0.25, -0.2) is 0 Å². The van der Waals surface area contributed by atoms with Crippen LogP contribution in [-0.2, 0) is 16.9 Å². The molecule has 0 spiro atoms. The van der Waals surface area contributed by atoms with E-state index >= 15 is 0 Å². The third kappa shape index (κ3) is 4.44. The summed E-state index contributed by atoms with van der Waals surface area (Å²) in [7, 11) is 0. The normalized spacial score (nSPS) is 13.1. The van der Waals surface area contributed by atoms with Crippen molar-refractivity contribution in [1.82, 2.24) is 0 Å². The van der Waals surface area contributed by atoms with E-state index in [0.717, 1.165) is 14.2 Å². The minimum atomic E-state index is -1.00. The first-order chi connectivity index (χ1) is 8.63. The molecule has 1 aromatic carbocycles. The number of rotatable bonds is 4. The van der Waals surface area contributed by atoms with Crippen molar-refractivity contribution in [2.75, 3.05) is 0 Å². The van der Waals surface area contributed by atoms with E-state index in [1.54, 1.807) is 16.7 Å². The Bertz CT molecular complexity index is 536. The molecule has 0 aliphatic rings. The van der Waals surface area contributed by atoms with E-state index in [2.05, 4.69) is 15.9 Å². The first-order valence-corrected chi connectivity index (χ1v) is 8.55. The summed E-state index contributed by atoms with van der Waals surface area (Å²) >= 11 is 9.81. The van der Waals surface area contributed by atoms with E-state index in [0.29, 0.717) is 10.8 Å². The molecule has 1 unspecified atom stereocenters. The molecule has 5 heteroatoms. The lowest BCUT2D eigenvalue weighted by Crippen LogP contribution is -1.99. The zero-order chi connectivity index (χ0) is 13.0. The second kappa shape index (κ2) is 6.78. The van der Waals surface area contributed by atoms with Crippen LogP contribution < -0.4 is 0 Å². The van der Waals surface area contributed by atoms with Crippen LogP contribution in [0.15, 0.2) is 45.6 Å². The zero-order valence-electron chi connectivity index (χ0n) is 9.31. The Morgan fingerprint density at radius 1 is 1.22 bits per heavy atom. The Labute approximate surface area is 127 Å². The maximum Gasteiger partial charge on any atom is 0.135 e. The molecule has 0 aliphatic heterocycles. The van der Waals surface area contributed by atoms with Crippen LogP contribution in [0, 0.1) is 0 Å². The minimum Gasteiger partial charge on any atom is -0.612 e. The van der Waals surface area contributed by atoms with Crippen LogP contribution in [0.2, 0.25) is 5.02 Å². The van der Waals surface area contributed by atoms with Crippen molar-refractivity contribution in [3.05, 3.63) is 61.1 Å². The fourth-order valence-corrected chi connectivity index (χ4v) is 3.81. The lowest BCUT2D eigenvalue weighted by atomic mass is 10.2. The van der Waals surface area contributed by atoms with Crippen LogP contribution in [-0.4, -0.2) is 4.55 Å². The van der Waals surface area contributed by atoms with Crippen molar-refractivity contribution >= 4 is 56.1 Å². The second-order valence-corrected chi connectivity index (χ2v) is 7.85. The van der Waals surface area contributed by atoms with E-state index in [4.69, 9.17) is 11.6 Å². The van der Waals surface area contributed by atoms with Gasteiger partial charge >= 0.3 is 0 Å². The highest BCUT2D eigenvalue weighted by atomic mass is 79.9. The van der Waals surface area contributed by atoms with Crippen LogP contribution in [0.25, 0.3) is 6.08 Å². The van der Waals surface area contributed by atoms with Crippen LogP contribution in [0.3, 0.4) is 0 Å². The van der Waals surface area contributed by atoms with Gasteiger partial charge in [0.2, 0.25) is 0 Å². The Morgan fingerprint density at radius 3 is 2.56 bits per heavy atom. The summed E-state index contributed by atoms with van der Waals surface area (Å²) in [4.78, 5) is 1.09.